The highest BCUT2D eigenvalue weighted by atomic mass is 28.4. The molecule has 0 spiro atoms. The van der Waals surface area contributed by atoms with Crippen LogP contribution in [0.15, 0.2) is 42.5 Å². The fraction of sp³-hybridized carbons (Fsp3) is 0.677. The summed E-state index contributed by atoms with van der Waals surface area (Å²) in [7, 11) is -0.669. The Labute approximate surface area is 236 Å². The van der Waals surface area contributed by atoms with Gasteiger partial charge < -0.3 is 23.4 Å². The van der Waals surface area contributed by atoms with Crippen molar-refractivity contribution in [3.63, 3.8) is 0 Å². The summed E-state index contributed by atoms with van der Waals surface area (Å²) in [5, 5.41) is 0.00787. The zero-order valence-electron chi connectivity index (χ0n) is 25.7. The van der Waals surface area contributed by atoms with Gasteiger partial charge in [0.2, 0.25) is 5.79 Å². The molecule has 0 amide bonds. The maximum Gasteiger partial charge on any atom is 0.237 e. The highest BCUT2D eigenvalue weighted by molar-refractivity contribution is 6.74. The van der Waals surface area contributed by atoms with Gasteiger partial charge in [0.1, 0.15) is 6.79 Å². The second-order valence-electron chi connectivity index (χ2n) is 12.7. The lowest BCUT2D eigenvalue weighted by atomic mass is 9.76. The third-order valence-electron chi connectivity index (χ3n) is 8.06. The van der Waals surface area contributed by atoms with Crippen molar-refractivity contribution in [3.05, 3.63) is 48.0 Å². The highest BCUT2D eigenvalue weighted by Gasteiger charge is 2.55. The fourth-order valence-electron chi connectivity index (χ4n) is 4.50. The van der Waals surface area contributed by atoms with Gasteiger partial charge in [-0.2, -0.15) is 0 Å². The molecule has 1 heterocycles. The quantitative estimate of drug-likeness (QED) is 0.109. The van der Waals surface area contributed by atoms with E-state index in [1.54, 1.807) is 6.08 Å². The van der Waals surface area contributed by atoms with E-state index < -0.39 is 19.5 Å². The number of carbonyl (C=O) groups excluding carboxylic acids is 2. The van der Waals surface area contributed by atoms with Gasteiger partial charge in [-0.3, -0.25) is 9.59 Å². The highest BCUT2D eigenvalue weighted by Crippen LogP contribution is 2.44. The molecule has 0 aromatic heterocycles. The first kappa shape index (κ1) is 33.5. The SMILES string of the molecule is CO[C@@]1(C(C)(C)/C=C/C(C)=O)O[C@H](C[C@@H](O[Si](C)(C)C(C)(C)C)[C@@H](C)OCOCc2ccccc2)CCC1=O. The van der Waals surface area contributed by atoms with Gasteiger partial charge in [-0.15, -0.1) is 0 Å². The van der Waals surface area contributed by atoms with E-state index in [4.69, 9.17) is 23.4 Å². The van der Waals surface area contributed by atoms with Gasteiger partial charge in [0.25, 0.3) is 0 Å². The van der Waals surface area contributed by atoms with Crippen LogP contribution in [0.25, 0.3) is 0 Å². The van der Waals surface area contributed by atoms with Crippen molar-refractivity contribution >= 4 is 19.9 Å². The predicted molar refractivity (Wildman–Crippen MR) is 156 cm³/mol. The Bertz CT molecular complexity index is 967. The number of hydrogen-bond acceptors (Lipinski definition) is 7. The van der Waals surface area contributed by atoms with Gasteiger partial charge in [0.15, 0.2) is 19.9 Å². The first-order valence-electron chi connectivity index (χ1n) is 13.9. The maximum atomic E-state index is 13.2. The molecule has 1 fully saturated rings. The second-order valence-corrected chi connectivity index (χ2v) is 17.4. The lowest BCUT2D eigenvalue weighted by Gasteiger charge is -2.48. The van der Waals surface area contributed by atoms with Crippen LogP contribution in [0.1, 0.15) is 73.3 Å². The maximum absolute atomic E-state index is 13.2. The average molecular weight is 563 g/mol. The van der Waals surface area contributed by atoms with Crippen LogP contribution in [0.3, 0.4) is 0 Å². The molecule has 0 unspecified atom stereocenters. The molecule has 4 atom stereocenters. The van der Waals surface area contributed by atoms with Crippen LogP contribution < -0.4 is 0 Å². The Kier molecular flexibility index (Phi) is 11.9. The van der Waals surface area contributed by atoms with Crippen LogP contribution in [0, 0.1) is 5.41 Å². The molecule has 0 radical (unpaired) electrons. The molecule has 0 bridgehead atoms. The second kappa shape index (κ2) is 13.8. The molecule has 220 valence electrons. The number of ketones is 2. The third-order valence-corrected chi connectivity index (χ3v) is 12.6. The van der Waals surface area contributed by atoms with Crippen molar-refractivity contribution < 1.29 is 33.0 Å². The minimum Gasteiger partial charge on any atom is -0.411 e. The average Bonchev–Trinajstić information content (AvgIpc) is 2.85. The van der Waals surface area contributed by atoms with Crippen LogP contribution in [0.5, 0.6) is 0 Å². The minimum absolute atomic E-state index is 0.00787. The largest absolute Gasteiger partial charge is 0.411 e. The number of allylic oxidation sites excluding steroid dienone is 1. The van der Waals surface area contributed by atoms with Crippen LogP contribution in [-0.4, -0.2) is 57.9 Å². The molecule has 0 saturated carbocycles. The number of hydrogen-bond donors (Lipinski definition) is 0. The molecule has 8 heteroatoms. The standard InChI is InChI=1S/C31H50O7Si/c1-23(32)18-19-30(6,7)31(34-8)28(33)17-16-26(37-31)20-27(38-39(9,10)29(3,4)5)24(2)36-22-35-21-25-14-12-11-13-15-25/h11-15,18-19,24,26-27H,16-17,20-22H2,1-10H3/b19-18+/t24-,26+,27-,31-/m1/s1. The summed E-state index contributed by atoms with van der Waals surface area (Å²) in [6.45, 7) is 18.9. The summed E-state index contributed by atoms with van der Waals surface area (Å²) in [4.78, 5) is 24.9. The zero-order chi connectivity index (χ0) is 29.5. The number of rotatable bonds is 14. The van der Waals surface area contributed by atoms with E-state index in [0.29, 0.717) is 25.9 Å². The van der Waals surface area contributed by atoms with Crippen LogP contribution in [-0.2, 0) is 39.6 Å². The zero-order valence-corrected chi connectivity index (χ0v) is 26.7. The first-order valence-corrected chi connectivity index (χ1v) is 16.8. The van der Waals surface area contributed by atoms with Gasteiger partial charge in [0.05, 0.1) is 24.9 Å². The van der Waals surface area contributed by atoms with E-state index in [9.17, 15) is 9.59 Å². The van der Waals surface area contributed by atoms with Gasteiger partial charge in [0, 0.05) is 25.4 Å². The molecule has 1 aromatic carbocycles. The minimum atomic E-state index is -2.16. The monoisotopic (exact) mass is 562 g/mol. The molecule has 1 aliphatic rings. The number of benzene rings is 1. The Morgan fingerprint density at radius 2 is 1.82 bits per heavy atom. The van der Waals surface area contributed by atoms with Crippen molar-refractivity contribution in [2.75, 3.05) is 13.9 Å². The molecule has 1 saturated heterocycles. The predicted octanol–water partition coefficient (Wildman–Crippen LogP) is 6.61. The van der Waals surface area contributed by atoms with Crippen molar-refractivity contribution in [2.24, 2.45) is 5.41 Å². The Morgan fingerprint density at radius 1 is 1.18 bits per heavy atom. The molecule has 2 rings (SSSR count). The number of ether oxygens (including phenoxy) is 4. The van der Waals surface area contributed by atoms with Gasteiger partial charge >= 0.3 is 0 Å². The third kappa shape index (κ3) is 8.90. The number of carbonyl (C=O) groups is 2. The van der Waals surface area contributed by atoms with Crippen molar-refractivity contribution in [3.8, 4) is 0 Å². The van der Waals surface area contributed by atoms with E-state index in [1.165, 1.54) is 20.1 Å². The normalized spacial score (nSPS) is 22.7. The van der Waals surface area contributed by atoms with Gasteiger partial charge in [-0.1, -0.05) is 71.0 Å². The molecule has 1 aromatic rings. The lowest BCUT2D eigenvalue weighted by Crippen LogP contribution is -2.59. The van der Waals surface area contributed by atoms with Crippen molar-refractivity contribution in [2.45, 2.75) is 117 Å². The molecule has 39 heavy (non-hydrogen) atoms. The molecular weight excluding hydrogens is 512 g/mol. The van der Waals surface area contributed by atoms with E-state index >= 15 is 0 Å². The van der Waals surface area contributed by atoms with Crippen LogP contribution in [0.4, 0.5) is 0 Å². The summed E-state index contributed by atoms with van der Waals surface area (Å²) < 4.78 is 31.1. The lowest BCUT2D eigenvalue weighted by molar-refractivity contribution is -0.285. The van der Waals surface area contributed by atoms with E-state index in [-0.39, 0.29) is 41.7 Å². The summed E-state index contributed by atoms with van der Waals surface area (Å²) in [6.07, 6.45) is 3.77. The number of methoxy groups -OCH3 is 1. The van der Waals surface area contributed by atoms with E-state index in [0.717, 1.165) is 5.56 Å². The van der Waals surface area contributed by atoms with Gasteiger partial charge in [-0.25, -0.2) is 0 Å². The summed E-state index contributed by atoms with van der Waals surface area (Å²) in [5.74, 6) is -1.72. The molecule has 0 N–H and O–H groups in total. The molecular formula is C31H50O7Si. The fourth-order valence-corrected chi connectivity index (χ4v) is 5.90. The number of Topliss-reactive ketones (excluding diaryl/α,β-unsaturated/α-hetero) is 1. The topological polar surface area (TPSA) is 80.3 Å². The summed E-state index contributed by atoms with van der Waals surface area (Å²) >= 11 is 0. The molecule has 0 aliphatic carbocycles. The Hall–Kier alpha value is -1.68. The van der Waals surface area contributed by atoms with Crippen LogP contribution >= 0.6 is 0 Å². The van der Waals surface area contributed by atoms with E-state index in [2.05, 4.69) is 33.9 Å². The first-order chi connectivity index (χ1) is 18.0. The summed E-state index contributed by atoms with van der Waals surface area (Å²) in [6, 6.07) is 9.98. The summed E-state index contributed by atoms with van der Waals surface area (Å²) in [5.41, 5.74) is 0.229. The molecule has 7 nitrogen and oxygen atoms in total. The van der Waals surface area contributed by atoms with Crippen molar-refractivity contribution in [1.82, 2.24) is 0 Å². The smallest absolute Gasteiger partial charge is 0.237 e. The molecule has 1 aliphatic heterocycles. The van der Waals surface area contributed by atoms with E-state index in [1.807, 2.05) is 51.1 Å². The van der Waals surface area contributed by atoms with Gasteiger partial charge in [-0.05, 0) is 50.0 Å². The Balaban J connectivity index is 2.21. The van der Waals surface area contributed by atoms with Crippen molar-refractivity contribution in [1.29, 1.82) is 0 Å². The van der Waals surface area contributed by atoms with Crippen LogP contribution in [0.2, 0.25) is 18.1 Å². The Morgan fingerprint density at radius 3 is 2.38 bits per heavy atom.